The molecule has 1 heterocycles. The minimum Gasteiger partial charge on any atom is -0.350 e. The van der Waals surface area contributed by atoms with Gasteiger partial charge in [0.1, 0.15) is 12.4 Å². The number of nitrogens with zero attached hydrogens (tertiary/aromatic N) is 3. The lowest BCUT2D eigenvalue weighted by atomic mass is 10.2. The van der Waals surface area contributed by atoms with E-state index in [0.717, 1.165) is 37.7 Å². The lowest BCUT2D eigenvalue weighted by Crippen LogP contribution is -2.40. The van der Waals surface area contributed by atoms with Crippen LogP contribution in [0.25, 0.3) is 5.69 Å². The third-order valence-corrected chi connectivity index (χ3v) is 6.68. The first-order chi connectivity index (χ1) is 14.1. The molecule has 1 N–H and O–H groups in total. The molecular formula is C21H23BrN4O3S. The molecule has 0 spiro atoms. The standard InChI is InChI=1S/C21H23BrN4O3S/c1-15-12-19(8-9-20(15)22)26(30(3,28)29)14-21(27)24-13-17-4-6-18(7-5-17)25-11-10-23-16(25)2/h4-12H,13-14H2,1-3H3,(H,24,27). The monoisotopic (exact) mass is 490 g/mol. The zero-order valence-corrected chi connectivity index (χ0v) is 19.4. The van der Waals surface area contributed by atoms with E-state index in [-0.39, 0.29) is 12.5 Å². The van der Waals surface area contributed by atoms with E-state index in [9.17, 15) is 13.2 Å². The van der Waals surface area contributed by atoms with Crippen LogP contribution in [0.3, 0.4) is 0 Å². The Balaban J connectivity index is 1.66. The molecule has 0 bridgehead atoms. The fraction of sp³-hybridized carbons (Fsp3) is 0.238. The predicted molar refractivity (Wildman–Crippen MR) is 121 cm³/mol. The second-order valence-electron chi connectivity index (χ2n) is 6.99. The average molecular weight is 491 g/mol. The molecule has 2 aromatic carbocycles. The molecule has 0 aliphatic rings. The maximum Gasteiger partial charge on any atom is 0.241 e. The summed E-state index contributed by atoms with van der Waals surface area (Å²) >= 11 is 3.40. The van der Waals surface area contributed by atoms with Gasteiger partial charge in [0, 0.05) is 29.1 Å². The first kappa shape index (κ1) is 22.0. The predicted octanol–water partition coefficient (Wildman–Crippen LogP) is 3.33. The highest BCUT2D eigenvalue weighted by atomic mass is 79.9. The Labute approximate surface area is 184 Å². The van der Waals surface area contributed by atoms with Crippen LogP contribution in [-0.2, 0) is 21.4 Å². The number of sulfonamides is 1. The summed E-state index contributed by atoms with van der Waals surface area (Å²) in [6, 6.07) is 12.9. The minimum absolute atomic E-state index is 0.285. The first-order valence-electron chi connectivity index (χ1n) is 9.25. The van der Waals surface area contributed by atoms with E-state index in [4.69, 9.17) is 0 Å². The second-order valence-corrected chi connectivity index (χ2v) is 9.75. The van der Waals surface area contributed by atoms with Gasteiger partial charge in [0.05, 0.1) is 11.9 Å². The number of anilines is 1. The molecule has 3 rings (SSSR count). The zero-order valence-electron chi connectivity index (χ0n) is 17.0. The molecule has 0 saturated heterocycles. The normalized spacial score (nSPS) is 11.3. The lowest BCUT2D eigenvalue weighted by Gasteiger charge is -2.22. The van der Waals surface area contributed by atoms with Gasteiger partial charge in [-0.25, -0.2) is 13.4 Å². The van der Waals surface area contributed by atoms with Gasteiger partial charge in [-0.1, -0.05) is 28.1 Å². The quantitative estimate of drug-likeness (QED) is 0.550. The molecule has 0 unspecified atom stereocenters. The van der Waals surface area contributed by atoms with Gasteiger partial charge in [-0.2, -0.15) is 0 Å². The summed E-state index contributed by atoms with van der Waals surface area (Å²) in [6.07, 6.45) is 4.72. The molecule has 30 heavy (non-hydrogen) atoms. The fourth-order valence-electron chi connectivity index (χ4n) is 3.00. The summed E-state index contributed by atoms with van der Waals surface area (Å²) in [4.78, 5) is 16.7. The van der Waals surface area contributed by atoms with Crippen LogP contribution in [0.1, 0.15) is 17.0 Å². The van der Waals surface area contributed by atoms with E-state index in [2.05, 4.69) is 26.2 Å². The van der Waals surface area contributed by atoms with Crippen LogP contribution in [0.4, 0.5) is 5.69 Å². The number of halogens is 1. The Hall–Kier alpha value is -2.65. The van der Waals surface area contributed by atoms with Gasteiger partial charge < -0.3 is 9.88 Å². The number of amides is 1. The van der Waals surface area contributed by atoms with Gasteiger partial charge in [-0.3, -0.25) is 9.10 Å². The minimum atomic E-state index is -3.61. The molecule has 1 amide bonds. The van der Waals surface area contributed by atoms with E-state index < -0.39 is 10.0 Å². The van der Waals surface area contributed by atoms with Crippen LogP contribution >= 0.6 is 15.9 Å². The number of hydrogen-bond donors (Lipinski definition) is 1. The summed E-state index contributed by atoms with van der Waals surface area (Å²) < 4.78 is 28.4. The second kappa shape index (κ2) is 9.01. The van der Waals surface area contributed by atoms with Crippen molar-refractivity contribution >= 4 is 37.5 Å². The van der Waals surface area contributed by atoms with Crippen molar-refractivity contribution in [3.8, 4) is 5.69 Å². The Kier molecular flexibility index (Phi) is 6.62. The number of carbonyl (C=O) groups excluding carboxylic acids is 1. The number of imidazole rings is 1. The number of rotatable bonds is 7. The first-order valence-corrected chi connectivity index (χ1v) is 11.9. The highest BCUT2D eigenvalue weighted by Gasteiger charge is 2.21. The molecule has 158 valence electrons. The van der Waals surface area contributed by atoms with Gasteiger partial charge in [-0.15, -0.1) is 0 Å². The van der Waals surface area contributed by atoms with Crippen molar-refractivity contribution in [2.45, 2.75) is 20.4 Å². The molecular weight excluding hydrogens is 468 g/mol. The Morgan fingerprint density at radius 2 is 1.87 bits per heavy atom. The molecule has 0 aliphatic carbocycles. The van der Waals surface area contributed by atoms with Crippen molar-refractivity contribution in [3.05, 3.63) is 76.3 Å². The molecule has 9 heteroatoms. The van der Waals surface area contributed by atoms with Gasteiger partial charge in [-0.05, 0) is 55.3 Å². The van der Waals surface area contributed by atoms with E-state index in [1.54, 1.807) is 24.4 Å². The maximum absolute atomic E-state index is 12.5. The summed E-state index contributed by atoms with van der Waals surface area (Å²) in [6.45, 7) is 3.81. The summed E-state index contributed by atoms with van der Waals surface area (Å²) in [5.41, 5.74) is 3.23. The number of hydrogen-bond acceptors (Lipinski definition) is 4. The van der Waals surface area contributed by atoms with Crippen molar-refractivity contribution in [1.82, 2.24) is 14.9 Å². The van der Waals surface area contributed by atoms with E-state index in [1.165, 1.54) is 0 Å². The van der Waals surface area contributed by atoms with Crippen molar-refractivity contribution in [2.75, 3.05) is 17.1 Å². The highest BCUT2D eigenvalue weighted by molar-refractivity contribution is 9.10. The van der Waals surface area contributed by atoms with Crippen molar-refractivity contribution in [3.63, 3.8) is 0 Å². The molecule has 0 fully saturated rings. The number of carbonyl (C=O) groups is 1. The number of aryl methyl sites for hydroxylation is 2. The van der Waals surface area contributed by atoms with Gasteiger partial charge in [0.2, 0.25) is 15.9 Å². The third kappa shape index (κ3) is 5.28. The maximum atomic E-state index is 12.5. The molecule has 1 aromatic heterocycles. The Morgan fingerprint density at radius 3 is 2.43 bits per heavy atom. The Morgan fingerprint density at radius 1 is 1.17 bits per heavy atom. The van der Waals surface area contributed by atoms with Crippen LogP contribution in [0.5, 0.6) is 0 Å². The van der Waals surface area contributed by atoms with Crippen LogP contribution in [0.2, 0.25) is 0 Å². The average Bonchev–Trinajstić information content (AvgIpc) is 3.12. The SMILES string of the molecule is Cc1cc(N(CC(=O)NCc2ccc(-n3ccnc3C)cc2)S(C)(=O)=O)ccc1Br. The van der Waals surface area contributed by atoms with Crippen LogP contribution in [-0.4, -0.2) is 36.7 Å². The summed E-state index contributed by atoms with van der Waals surface area (Å²) in [7, 11) is -3.61. The highest BCUT2D eigenvalue weighted by Crippen LogP contribution is 2.24. The third-order valence-electron chi connectivity index (χ3n) is 4.65. The van der Waals surface area contributed by atoms with Gasteiger partial charge in [0.15, 0.2) is 0 Å². The molecule has 0 radical (unpaired) electrons. The van der Waals surface area contributed by atoms with Gasteiger partial charge in [0.25, 0.3) is 0 Å². The van der Waals surface area contributed by atoms with Crippen LogP contribution in [0.15, 0.2) is 59.3 Å². The molecule has 7 nitrogen and oxygen atoms in total. The zero-order chi connectivity index (χ0) is 21.9. The van der Waals surface area contributed by atoms with Crippen molar-refractivity contribution in [1.29, 1.82) is 0 Å². The van der Waals surface area contributed by atoms with Gasteiger partial charge >= 0.3 is 0 Å². The molecule has 0 atom stereocenters. The molecule has 0 saturated carbocycles. The largest absolute Gasteiger partial charge is 0.350 e. The number of nitrogens with one attached hydrogen (secondary N) is 1. The van der Waals surface area contributed by atoms with E-state index in [0.29, 0.717) is 12.2 Å². The fourth-order valence-corrected chi connectivity index (χ4v) is 4.09. The van der Waals surface area contributed by atoms with E-state index >= 15 is 0 Å². The van der Waals surface area contributed by atoms with Crippen molar-refractivity contribution < 1.29 is 13.2 Å². The molecule has 3 aromatic rings. The van der Waals surface area contributed by atoms with E-state index in [1.807, 2.05) is 48.9 Å². The van der Waals surface area contributed by atoms with Crippen molar-refractivity contribution in [2.24, 2.45) is 0 Å². The molecule has 0 aliphatic heterocycles. The summed E-state index contributed by atoms with van der Waals surface area (Å²) in [5.74, 6) is 0.510. The number of aromatic nitrogens is 2. The summed E-state index contributed by atoms with van der Waals surface area (Å²) in [5, 5.41) is 2.79. The topological polar surface area (TPSA) is 84.3 Å². The lowest BCUT2D eigenvalue weighted by molar-refractivity contribution is -0.119. The smallest absolute Gasteiger partial charge is 0.241 e. The van der Waals surface area contributed by atoms with Crippen LogP contribution in [0, 0.1) is 13.8 Å². The van der Waals surface area contributed by atoms with Crippen LogP contribution < -0.4 is 9.62 Å². The number of benzene rings is 2. The Bertz CT molecular complexity index is 1160.